The minimum Gasteiger partial charge on any atom is -0.508 e. The largest absolute Gasteiger partial charge is 0.508 e. The number of anilines is 1. The van der Waals surface area contributed by atoms with Crippen LogP contribution in [-0.4, -0.2) is 14.7 Å². The smallest absolute Gasteiger partial charge is 0.203 e. The first-order valence-electron chi connectivity index (χ1n) is 6.93. The fourth-order valence-electron chi connectivity index (χ4n) is 2.30. The van der Waals surface area contributed by atoms with Gasteiger partial charge in [0.1, 0.15) is 5.75 Å². The van der Waals surface area contributed by atoms with E-state index in [9.17, 15) is 5.11 Å². The van der Waals surface area contributed by atoms with Crippen molar-refractivity contribution in [1.82, 2.24) is 9.55 Å². The Balaban J connectivity index is 1.79. The Hall–Kier alpha value is -2.46. The first-order valence-corrected chi connectivity index (χ1v) is 7.31. The van der Waals surface area contributed by atoms with Gasteiger partial charge in [0.25, 0.3) is 0 Å². The van der Waals surface area contributed by atoms with E-state index < -0.39 is 0 Å². The highest BCUT2D eigenvalue weighted by Crippen LogP contribution is 2.24. The number of rotatable bonds is 4. The van der Waals surface area contributed by atoms with Crippen LogP contribution >= 0.6 is 11.6 Å². The zero-order valence-corrected chi connectivity index (χ0v) is 12.9. The lowest BCUT2D eigenvalue weighted by Crippen LogP contribution is -2.05. The summed E-state index contributed by atoms with van der Waals surface area (Å²) < 4.78 is 1.98. The molecular weight excluding hydrogens is 298 g/mol. The molecule has 22 heavy (non-hydrogen) atoms. The number of benzene rings is 2. The summed E-state index contributed by atoms with van der Waals surface area (Å²) in [7, 11) is 1.95. The topological polar surface area (TPSA) is 50.1 Å². The molecule has 0 aliphatic carbocycles. The van der Waals surface area contributed by atoms with Gasteiger partial charge in [0, 0.05) is 24.2 Å². The summed E-state index contributed by atoms with van der Waals surface area (Å²) in [6.07, 6.45) is 1.82. The number of hydrogen-bond acceptors (Lipinski definition) is 3. The van der Waals surface area contributed by atoms with Crippen LogP contribution in [0.25, 0.3) is 11.3 Å². The maximum absolute atomic E-state index is 9.79. The number of imidazole rings is 1. The molecule has 0 aliphatic rings. The van der Waals surface area contributed by atoms with Crippen molar-refractivity contribution in [2.45, 2.75) is 6.54 Å². The molecule has 5 heteroatoms. The molecule has 0 spiro atoms. The highest BCUT2D eigenvalue weighted by molar-refractivity contribution is 6.30. The lowest BCUT2D eigenvalue weighted by atomic mass is 10.2. The van der Waals surface area contributed by atoms with Gasteiger partial charge in [0.05, 0.1) is 11.9 Å². The van der Waals surface area contributed by atoms with Gasteiger partial charge in [0.15, 0.2) is 0 Å². The molecule has 1 aromatic heterocycles. The third-order valence-corrected chi connectivity index (χ3v) is 3.81. The summed E-state index contributed by atoms with van der Waals surface area (Å²) >= 11 is 5.92. The van der Waals surface area contributed by atoms with Crippen molar-refractivity contribution in [3.05, 3.63) is 65.3 Å². The summed E-state index contributed by atoms with van der Waals surface area (Å²) in [5.41, 5.74) is 2.88. The lowest BCUT2D eigenvalue weighted by Gasteiger charge is -2.09. The van der Waals surface area contributed by atoms with Crippen molar-refractivity contribution in [3.63, 3.8) is 0 Å². The van der Waals surface area contributed by atoms with Gasteiger partial charge < -0.3 is 15.0 Å². The zero-order valence-electron chi connectivity index (χ0n) is 12.1. The second-order valence-corrected chi connectivity index (χ2v) is 5.45. The van der Waals surface area contributed by atoms with Gasteiger partial charge in [-0.05, 0) is 23.8 Å². The molecule has 0 saturated carbocycles. The SMILES string of the molecule is Cn1c(-c2ccc(Cl)cc2)cnc1NCc1ccccc1O. The standard InChI is InChI=1S/C17H16ClN3O/c1-21-15(12-6-8-14(18)9-7-12)11-20-17(21)19-10-13-4-2-3-5-16(13)22/h2-9,11,22H,10H2,1H3,(H,19,20). The Kier molecular flexibility index (Phi) is 4.02. The molecule has 0 atom stereocenters. The Morgan fingerprint density at radius 2 is 1.86 bits per heavy atom. The quantitative estimate of drug-likeness (QED) is 0.763. The highest BCUT2D eigenvalue weighted by atomic mass is 35.5. The number of halogens is 1. The van der Waals surface area contributed by atoms with Crippen LogP contribution in [0, 0.1) is 0 Å². The Labute approximate surface area is 134 Å². The Bertz CT molecular complexity index is 781. The van der Waals surface area contributed by atoms with Crippen molar-refractivity contribution in [2.75, 3.05) is 5.32 Å². The van der Waals surface area contributed by atoms with E-state index in [2.05, 4.69) is 10.3 Å². The van der Waals surface area contributed by atoms with Gasteiger partial charge in [0.2, 0.25) is 5.95 Å². The summed E-state index contributed by atoms with van der Waals surface area (Å²) in [4.78, 5) is 4.40. The lowest BCUT2D eigenvalue weighted by molar-refractivity contribution is 0.469. The summed E-state index contributed by atoms with van der Waals surface area (Å²) in [5.74, 6) is 1.02. The number of nitrogens with one attached hydrogen (secondary N) is 1. The third-order valence-electron chi connectivity index (χ3n) is 3.56. The molecule has 0 radical (unpaired) electrons. The summed E-state index contributed by atoms with van der Waals surface area (Å²) in [6, 6.07) is 14.9. The number of phenols is 1. The van der Waals surface area contributed by atoms with Crippen molar-refractivity contribution >= 4 is 17.5 Å². The minimum absolute atomic E-state index is 0.280. The second-order valence-electron chi connectivity index (χ2n) is 5.02. The molecule has 3 aromatic rings. The fourth-order valence-corrected chi connectivity index (χ4v) is 2.42. The Morgan fingerprint density at radius 1 is 1.14 bits per heavy atom. The van der Waals surface area contributed by atoms with Gasteiger partial charge in [-0.3, -0.25) is 0 Å². The van der Waals surface area contributed by atoms with Crippen molar-refractivity contribution in [2.24, 2.45) is 7.05 Å². The highest BCUT2D eigenvalue weighted by Gasteiger charge is 2.09. The summed E-state index contributed by atoms with van der Waals surface area (Å²) in [5, 5.41) is 13.7. The van der Waals surface area contributed by atoms with Crippen LogP contribution in [0.5, 0.6) is 5.75 Å². The number of para-hydroxylation sites is 1. The van der Waals surface area contributed by atoms with Crippen LogP contribution in [-0.2, 0) is 13.6 Å². The van der Waals surface area contributed by atoms with Crippen LogP contribution in [0.4, 0.5) is 5.95 Å². The van der Waals surface area contributed by atoms with E-state index in [1.165, 1.54) is 0 Å². The maximum atomic E-state index is 9.79. The summed E-state index contributed by atoms with van der Waals surface area (Å²) in [6.45, 7) is 0.511. The van der Waals surface area contributed by atoms with E-state index >= 15 is 0 Å². The first-order chi connectivity index (χ1) is 10.6. The van der Waals surface area contributed by atoms with Crippen LogP contribution in [0.3, 0.4) is 0 Å². The van der Waals surface area contributed by atoms with Crippen LogP contribution < -0.4 is 5.32 Å². The molecule has 2 aromatic carbocycles. The molecule has 0 unspecified atom stereocenters. The molecule has 1 heterocycles. The molecule has 2 N–H and O–H groups in total. The van der Waals surface area contributed by atoms with E-state index in [-0.39, 0.29) is 5.75 Å². The number of aromatic nitrogens is 2. The first kappa shape index (κ1) is 14.5. The maximum Gasteiger partial charge on any atom is 0.203 e. The van der Waals surface area contributed by atoms with Crippen molar-refractivity contribution in [1.29, 1.82) is 0 Å². The molecule has 0 bridgehead atoms. The van der Waals surface area contributed by atoms with Crippen LogP contribution in [0.2, 0.25) is 5.02 Å². The van der Waals surface area contributed by atoms with E-state index in [1.54, 1.807) is 12.1 Å². The second kappa shape index (κ2) is 6.12. The van der Waals surface area contributed by atoms with Crippen molar-refractivity contribution in [3.8, 4) is 17.0 Å². The van der Waals surface area contributed by atoms with E-state index in [4.69, 9.17) is 11.6 Å². The molecule has 0 saturated heterocycles. The molecule has 0 fully saturated rings. The molecule has 4 nitrogen and oxygen atoms in total. The number of phenolic OH excluding ortho intramolecular Hbond substituents is 1. The van der Waals surface area contributed by atoms with Gasteiger partial charge >= 0.3 is 0 Å². The minimum atomic E-state index is 0.280. The predicted molar refractivity (Wildman–Crippen MR) is 89.1 cm³/mol. The molecule has 0 amide bonds. The zero-order chi connectivity index (χ0) is 15.5. The van der Waals surface area contributed by atoms with Crippen LogP contribution in [0.1, 0.15) is 5.56 Å². The van der Waals surface area contributed by atoms with Gasteiger partial charge in [-0.1, -0.05) is 41.9 Å². The number of aromatic hydroxyl groups is 1. The predicted octanol–water partition coefficient (Wildman–Crippen LogP) is 4.06. The van der Waals surface area contributed by atoms with Crippen LogP contribution in [0.15, 0.2) is 54.7 Å². The molecular formula is C17H16ClN3O. The van der Waals surface area contributed by atoms with Gasteiger partial charge in [-0.15, -0.1) is 0 Å². The monoisotopic (exact) mass is 313 g/mol. The molecule has 0 aliphatic heterocycles. The van der Waals surface area contributed by atoms with E-state index in [0.717, 1.165) is 22.8 Å². The molecule has 112 valence electrons. The van der Waals surface area contributed by atoms with Gasteiger partial charge in [-0.25, -0.2) is 4.98 Å². The normalized spacial score (nSPS) is 10.6. The average molecular weight is 314 g/mol. The fraction of sp³-hybridized carbons (Fsp3) is 0.118. The number of nitrogens with zero attached hydrogens (tertiary/aromatic N) is 2. The number of hydrogen-bond donors (Lipinski definition) is 2. The van der Waals surface area contributed by atoms with Crippen molar-refractivity contribution < 1.29 is 5.11 Å². The van der Waals surface area contributed by atoms with Gasteiger partial charge in [-0.2, -0.15) is 0 Å². The Morgan fingerprint density at radius 3 is 2.59 bits per heavy atom. The molecule has 3 rings (SSSR count). The third kappa shape index (κ3) is 2.92. The van der Waals surface area contributed by atoms with E-state index in [1.807, 2.05) is 54.2 Å². The van der Waals surface area contributed by atoms with E-state index in [0.29, 0.717) is 11.6 Å². The average Bonchev–Trinajstić information content (AvgIpc) is 2.88.